The van der Waals surface area contributed by atoms with Crippen LogP contribution in [0.5, 0.6) is 11.5 Å². The number of methoxy groups -OCH3 is 1. The van der Waals surface area contributed by atoms with E-state index >= 15 is 0 Å². The summed E-state index contributed by atoms with van der Waals surface area (Å²) >= 11 is 5.77. The van der Waals surface area contributed by atoms with E-state index in [1.54, 1.807) is 32.5 Å². The molecule has 0 amide bonds. The molecule has 25 heavy (non-hydrogen) atoms. The maximum atomic E-state index is 9.96. The highest BCUT2D eigenvalue weighted by molar-refractivity contribution is 6.29. The van der Waals surface area contributed by atoms with Gasteiger partial charge in [0.25, 0.3) is 0 Å². The van der Waals surface area contributed by atoms with E-state index in [1.165, 1.54) is 0 Å². The molecule has 0 aliphatic rings. The van der Waals surface area contributed by atoms with E-state index in [0.717, 1.165) is 30.1 Å². The first kappa shape index (κ1) is 18.9. The van der Waals surface area contributed by atoms with Crippen LogP contribution < -0.4 is 15.4 Å². The molecular weight excluding hydrogens is 340 g/mol. The molecule has 0 bridgehead atoms. The fourth-order valence-corrected chi connectivity index (χ4v) is 2.41. The van der Waals surface area contributed by atoms with Crippen LogP contribution in [0.3, 0.4) is 0 Å². The maximum Gasteiger partial charge on any atom is 0.190 e. The summed E-state index contributed by atoms with van der Waals surface area (Å²) in [5.41, 5.74) is 1.96. The van der Waals surface area contributed by atoms with Crippen molar-refractivity contribution >= 4 is 17.6 Å². The molecule has 0 saturated carbocycles. The van der Waals surface area contributed by atoms with Gasteiger partial charge in [0.05, 0.1) is 7.11 Å². The number of aromatic hydroxyl groups is 1. The molecule has 0 aliphatic heterocycles. The van der Waals surface area contributed by atoms with E-state index in [-0.39, 0.29) is 5.75 Å². The second-order valence-electron chi connectivity index (χ2n) is 5.41. The lowest BCUT2D eigenvalue weighted by atomic mass is 10.1. The number of rotatable bonds is 7. The van der Waals surface area contributed by atoms with Gasteiger partial charge in [0.1, 0.15) is 16.7 Å². The van der Waals surface area contributed by atoms with Crippen molar-refractivity contribution in [2.24, 2.45) is 4.99 Å². The van der Waals surface area contributed by atoms with Crippen molar-refractivity contribution in [2.45, 2.75) is 12.8 Å². The second-order valence-corrected chi connectivity index (χ2v) is 5.80. The van der Waals surface area contributed by atoms with Gasteiger partial charge in [-0.1, -0.05) is 23.7 Å². The van der Waals surface area contributed by atoms with Crippen LogP contribution >= 0.6 is 11.6 Å². The Labute approximate surface area is 152 Å². The number of nitrogens with zero attached hydrogens (tertiary/aromatic N) is 2. The van der Waals surface area contributed by atoms with Gasteiger partial charge in [0, 0.05) is 32.4 Å². The molecule has 1 heterocycles. The smallest absolute Gasteiger partial charge is 0.190 e. The quantitative estimate of drug-likeness (QED) is 0.400. The Morgan fingerprint density at radius 1 is 1.20 bits per heavy atom. The van der Waals surface area contributed by atoms with Crippen molar-refractivity contribution in [3.05, 3.63) is 52.8 Å². The number of benzene rings is 1. The summed E-state index contributed by atoms with van der Waals surface area (Å²) in [4.78, 5) is 8.25. The van der Waals surface area contributed by atoms with Crippen LogP contribution in [0.4, 0.5) is 0 Å². The summed E-state index contributed by atoms with van der Waals surface area (Å²) in [5.74, 6) is 1.60. The number of phenols is 1. The van der Waals surface area contributed by atoms with Gasteiger partial charge in [-0.3, -0.25) is 4.99 Å². The molecule has 7 heteroatoms. The third-order valence-corrected chi connectivity index (χ3v) is 3.92. The zero-order valence-corrected chi connectivity index (χ0v) is 15.2. The summed E-state index contributed by atoms with van der Waals surface area (Å²) < 4.78 is 5.08. The number of nitrogens with one attached hydrogen (secondary N) is 2. The predicted octanol–water partition coefficient (Wildman–Crippen LogP) is 2.40. The Bertz CT molecular complexity index is 705. The van der Waals surface area contributed by atoms with Crippen molar-refractivity contribution in [1.82, 2.24) is 15.6 Å². The van der Waals surface area contributed by atoms with Crippen molar-refractivity contribution in [2.75, 3.05) is 27.2 Å². The molecule has 0 fully saturated rings. The Hall–Kier alpha value is -2.47. The van der Waals surface area contributed by atoms with Gasteiger partial charge in [0.15, 0.2) is 5.96 Å². The van der Waals surface area contributed by atoms with E-state index in [4.69, 9.17) is 16.3 Å². The van der Waals surface area contributed by atoms with E-state index in [2.05, 4.69) is 20.6 Å². The summed E-state index contributed by atoms with van der Waals surface area (Å²) in [7, 11) is 3.30. The third-order valence-electron chi connectivity index (χ3n) is 3.70. The number of pyridine rings is 1. The molecule has 6 nitrogen and oxygen atoms in total. The third kappa shape index (κ3) is 6.15. The van der Waals surface area contributed by atoms with E-state index in [1.807, 2.05) is 18.2 Å². The normalized spacial score (nSPS) is 11.2. The molecule has 0 atom stereocenters. The largest absolute Gasteiger partial charge is 0.508 e. The van der Waals surface area contributed by atoms with Gasteiger partial charge in [-0.25, -0.2) is 4.98 Å². The molecular formula is C18H23ClN4O2. The average molecular weight is 363 g/mol. The van der Waals surface area contributed by atoms with Crippen LogP contribution in [0.15, 0.2) is 41.5 Å². The van der Waals surface area contributed by atoms with Gasteiger partial charge in [0.2, 0.25) is 0 Å². The number of aliphatic imine (C=N–C) groups is 1. The highest BCUT2D eigenvalue weighted by atomic mass is 35.5. The fourth-order valence-electron chi connectivity index (χ4n) is 2.30. The Morgan fingerprint density at radius 2 is 1.96 bits per heavy atom. The number of ether oxygens (including phenoxy) is 1. The van der Waals surface area contributed by atoms with Crippen LogP contribution in [-0.4, -0.2) is 43.3 Å². The number of hydrogen-bond acceptors (Lipinski definition) is 4. The van der Waals surface area contributed by atoms with Crippen LogP contribution in [-0.2, 0) is 12.8 Å². The van der Waals surface area contributed by atoms with Crippen molar-refractivity contribution < 1.29 is 9.84 Å². The number of aromatic nitrogens is 1. The first-order chi connectivity index (χ1) is 12.1. The van der Waals surface area contributed by atoms with E-state index in [9.17, 15) is 5.11 Å². The van der Waals surface area contributed by atoms with Crippen LogP contribution in [0.1, 0.15) is 11.1 Å². The minimum atomic E-state index is 0.235. The highest BCUT2D eigenvalue weighted by Gasteiger charge is 2.04. The molecule has 2 rings (SSSR count). The molecule has 0 saturated heterocycles. The number of halogens is 1. The van der Waals surface area contributed by atoms with Gasteiger partial charge < -0.3 is 20.5 Å². The number of hydrogen-bond donors (Lipinski definition) is 3. The zero-order chi connectivity index (χ0) is 18.1. The maximum absolute atomic E-state index is 9.96. The predicted molar refractivity (Wildman–Crippen MR) is 101 cm³/mol. The standard InChI is InChI=1S/C18H23ClN4O2/c1-20-18(21-9-7-13-3-6-17(19)23-12-13)22-10-8-14-4-5-15(25-2)11-16(14)24/h3-6,11-12,24H,7-10H2,1-2H3,(H2,20,21,22). The minimum absolute atomic E-state index is 0.235. The highest BCUT2D eigenvalue weighted by Crippen LogP contribution is 2.23. The molecule has 1 aromatic heterocycles. The van der Waals surface area contributed by atoms with E-state index in [0.29, 0.717) is 23.9 Å². The first-order valence-corrected chi connectivity index (χ1v) is 8.41. The van der Waals surface area contributed by atoms with Gasteiger partial charge in [-0.05, 0) is 36.1 Å². The number of guanidine groups is 1. The lowest BCUT2D eigenvalue weighted by molar-refractivity contribution is 0.406. The van der Waals surface area contributed by atoms with Gasteiger partial charge in [-0.2, -0.15) is 0 Å². The lowest BCUT2D eigenvalue weighted by Gasteiger charge is -2.12. The molecule has 1 aromatic carbocycles. The van der Waals surface area contributed by atoms with Crippen LogP contribution in [0.25, 0.3) is 0 Å². The summed E-state index contributed by atoms with van der Waals surface area (Å²) in [6, 6.07) is 9.05. The molecule has 3 N–H and O–H groups in total. The Kier molecular flexibility index (Phi) is 7.35. The topological polar surface area (TPSA) is 78.8 Å². The Balaban J connectivity index is 1.74. The molecule has 2 aromatic rings. The summed E-state index contributed by atoms with van der Waals surface area (Å²) in [5, 5.41) is 16.9. The minimum Gasteiger partial charge on any atom is -0.508 e. The molecule has 0 unspecified atom stereocenters. The average Bonchev–Trinajstić information content (AvgIpc) is 2.63. The lowest BCUT2D eigenvalue weighted by Crippen LogP contribution is -2.39. The molecule has 0 spiro atoms. The van der Waals surface area contributed by atoms with Gasteiger partial charge >= 0.3 is 0 Å². The molecule has 134 valence electrons. The number of phenolic OH excluding ortho intramolecular Hbond substituents is 1. The molecule has 0 aliphatic carbocycles. The fraction of sp³-hybridized carbons (Fsp3) is 0.333. The second kappa shape index (κ2) is 9.74. The summed E-state index contributed by atoms with van der Waals surface area (Å²) in [6.45, 7) is 1.39. The monoisotopic (exact) mass is 362 g/mol. The van der Waals surface area contributed by atoms with Crippen LogP contribution in [0.2, 0.25) is 5.15 Å². The van der Waals surface area contributed by atoms with Gasteiger partial charge in [-0.15, -0.1) is 0 Å². The van der Waals surface area contributed by atoms with Crippen molar-refractivity contribution in [3.63, 3.8) is 0 Å². The first-order valence-electron chi connectivity index (χ1n) is 8.03. The van der Waals surface area contributed by atoms with Crippen molar-refractivity contribution in [3.8, 4) is 11.5 Å². The summed E-state index contributed by atoms with van der Waals surface area (Å²) in [6.07, 6.45) is 3.27. The van der Waals surface area contributed by atoms with Crippen LogP contribution in [0, 0.1) is 0 Å². The SMILES string of the molecule is CN=C(NCCc1ccc(Cl)nc1)NCCc1ccc(OC)cc1O. The Morgan fingerprint density at radius 3 is 2.56 bits per heavy atom. The zero-order valence-electron chi connectivity index (χ0n) is 14.4. The molecule has 0 radical (unpaired) electrons. The van der Waals surface area contributed by atoms with Crippen molar-refractivity contribution in [1.29, 1.82) is 0 Å². The van der Waals surface area contributed by atoms with E-state index < -0.39 is 0 Å².